The van der Waals surface area contributed by atoms with E-state index in [0.717, 1.165) is 6.07 Å². The van der Waals surface area contributed by atoms with Gasteiger partial charge in [-0.25, -0.2) is 0 Å². The number of carbonyl (C=O) groups excluding carboxylic acids is 1. The van der Waals surface area contributed by atoms with Crippen LogP contribution in [0.25, 0.3) is 0 Å². The second-order valence-corrected chi connectivity index (χ2v) is 6.75. The van der Waals surface area contributed by atoms with Crippen molar-refractivity contribution >= 4 is 17.3 Å². The van der Waals surface area contributed by atoms with E-state index in [9.17, 15) is 33.3 Å². The number of hydrogen-bond donors (Lipinski definition) is 2. The van der Waals surface area contributed by atoms with E-state index in [1.54, 1.807) is 0 Å². The highest BCUT2D eigenvalue weighted by Crippen LogP contribution is 2.39. The Hall–Kier alpha value is -4.21. The maximum atomic E-state index is 12.8. The Morgan fingerprint density at radius 3 is 2.24 bits per heavy atom. The quantitative estimate of drug-likeness (QED) is 0.385. The zero-order chi connectivity index (χ0) is 25.5. The molecule has 1 amide bonds. The van der Waals surface area contributed by atoms with Crippen molar-refractivity contribution in [1.29, 1.82) is 5.26 Å². The number of halogens is 3. The Bertz CT molecular complexity index is 1080. The van der Waals surface area contributed by atoms with Crippen LogP contribution < -0.4 is 24.8 Å². The van der Waals surface area contributed by atoms with Gasteiger partial charge in [0.1, 0.15) is 11.7 Å². The van der Waals surface area contributed by atoms with Crippen LogP contribution in [0.4, 0.5) is 24.5 Å². The van der Waals surface area contributed by atoms with E-state index < -0.39 is 34.3 Å². The number of nitro benzene ring substituents is 1. The molecule has 13 heteroatoms. The summed E-state index contributed by atoms with van der Waals surface area (Å²) >= 11 is 0. The molecule has 10 nitrogen and oxygen atoms in total. The molecule has 1 atom stereocenters. The molecule has 2 aromatic carbocycles. The second-order valence-electron chi connectivity index (χ2n) is 6.75. The number of benzene rings is 2. The van der Waals surface area contributed by atoms with E-state index in [4.69, 9.17) is 14.2 Å². The highest BCUT2D eigenvalue weighted by Gasteiger charge is 2.33. The van der Waals surface area contributed by atoms with Crippen LogP contribution >= 0.6 is 0 Å². The molecule has 0 radical (unpaired) electrons. The molecule has 0 aliphatic heterocycles. The Labute approximate surface area is 192 Å². The van der Waals surface area contributed by atoms with E-state index in [1.807, 2.05) is 6.07 Å². The minimum Gasteiger partial charge on any atom is -0.493 e. The lowest BCUT2D eigenvalue weighted by Gasteiger charge is -2.17. The third kappa shape index (κ3) is 6.18. The molecule has 0 aromatic heterocycles. The van der Waals surface area contributed by atoms with Gasteiger partial charge in [0.2, 0.25) is 11.7 Å². The first-order valence-electron chi connectivity index (χ1n) is 9.64. The number of hydrogen-bond acceptors (Lipinski definition) is 8. The molecule has 1 unspecified atom stereocenters. The number of anilines is 1. The topological polar surface area (TPSA) is 136 Å². The van der Waals surface area contributed by atoms with E-state index in [1.165, 1.54) is 33.5 Å². The van der Waals surface area contributed by atoms with Crippen LogP contribution in [0.3, 0.4) is 0 Å². The number of nitrogens with zero attached hydrogens (tertiary/aromatic N) is 2. The number of ether oxygens (including phenoxy) is 3. The summed E-state index contributed by atoms with van der Waals surface area (Å²) in [7, 11) is 4.21. The SMILES string of the molecule is COc1cc(C(C#N)NC(=O)CCNc2ccc(C(F)(F)F)cc2[N+](=O)[O-])cc(OC)c1OC. The maximum Gasteiger partial charge on any atom is 0.416 e. The van der Waals surface area contributed by atoms with Gasteiger partial charge >= 0.3 is 6.18 Å². The Morgan fingerprint density at radius 1 is 1.15 bits per heavy atom. The molecule has 182 valence electrons. The monoisotopic (exact) mass is 482 g/mol. The summed E-state index contributed by atoms with van der Waals surface area (Å²) in [4.78, 5) is 22.5. The number of methoxy groups -OCH3 is 3. The second kappa shape index (κ2) is 11.1. The van der Waals surface area contributed by atoms with Crippen molar-refractivity contribution in [3.63, 3.8) is 0 Å². The van der Waals surface area contributed by atoms with Gasteiger partial charge in [0, 0.05) is 19.0 Å². The summed E-state index contributed by atoms with van der Waals surface area (Å²) in [5.74, 6) is 0.284. The number of nitrogens with one attached hydrogen (secondary N) is 2. The maximum absolute atomic E-state index is 12.8. The van der Waals surface area contributed by atoms with Gasteiger partial charge in [-0.2, -0.15) is 18.4 Å². The summed E-state index contributed by atoms with van der Waals surface area (Å²) in [6.45, 7) is -0.133. The van der Waals surface area contributed by atoms with Gasteiger partial charge in [-0.1, -0.05) is 0 Å². The van der Waals surface area contributed by atoms with Gasteiger partial charge in [-0.3, -0.25) is 14.9 Å². The predicted molar refractivity (Wildman–Crippen MR) is 114 cm³/mol. The van der Waals surface area contributed by atoms with E-state index in [-0.39, 0.29) is 30.2 Å². The molecule has 0 heterocycles. The van der Waals surface area contributed by atoms with Crippen LogP contribution in [-0.4, -0.2) is 38.7 Å². The van der Waals surface area contributed by atoms with Gasteiger partial charge < -0.3 is 24.8 Å². The van der Waals surface area contributed by atoms with E-state index in [2.05, 4.69) is 10.6 Å². The zero-order valence-corrected chi connectivity index (χ0v) is 18.4. The van der Waals surface area contributed by atoms with Crippen molar-refractivity contribution in [2.75, 3.05) is 33.2 Å². The Balaban J connectivity index is 2.09. The molecule has 0 fully saturated rings. The first kappa shape index (κ1) is 26.0. The standard InChI is InChI=1S/C21H21F3N4O6/c1-32-17-8-12(9-18(33-2)20(17)34-3)15(11-25)27-19(29)6-7-26-14-5-4-13(21(22,23)24)10-16(14)28(30)31/h4-5,8-10,15,26H,6-7H2,1-3H3,(H,27,29). The van der Waals surface area contributed by atoms with Crippen LogP contribution in [0.2, 0.25) is 0 Å². The molecule has 2 N–H and O–H groups in total. The molecule has 2 rings (SSSR count). The molecule has 2 aromatic rings. The average molecular weight is 482 g/mol. The lowest BCUT2D eigenvalue weighted by molar-refractivity contribution is -0.384. The van der Waals surface area contributed by atoms with E-state index in [0.29, 0.717) is 23.4 Å². The number of alkyl halides is 3. The van der Waals surface area contributed by atoms with Gasteiger partial charge in [0.25, 0.3) is 5.69 Å². The number of nitro groups is 1. The van der Waals surface area contributed by atoms with Crippen molar-refractivity contribution in [3.8, 4) is 23.3 Å². The van der Waals surface area contributed by atoms with Crippen LogP contribution in [0, 0.1) is 21.4 Å². The molecule has 0 saturated carbocycles. The van der Waals surface area contributed by atoms with Crippen molar-refractivity contribution in [2.24, 2.45) is 0 Å². The number of carbonyl (C=O) groups is 1. The molecular formula is C21H21F3N4O6. The van der Waals surface area contributed by atoms with Crippen molar-refractivity contribution < 1.29 is 37.1 Å². The number of amides is 1. The predicted octanol–water partition coefficient (Wildman–Crippen LogP) is 3.82. The van der Waals surface area contributed by atoms with E-state index >= 15 is 0 Å². The van der Waals surface area contributed by atoms with Crippen LogP contribution in [0.15, 0.2) is 30.3 Å². The fourth-order valence-corrected chi connectivity index (χ4v) is 3.01. The van der Waals surface area contributed by atoms with Crippen molar-refractivity contribution in [2.45, 2.75) is 18.6 Å². The van der Waals surface area contributed by atoms with Gasteiger partial charge in [-0.05, 0) is 29.8 Å². The summed E-state index contributed by atoms with van der Waals surface area (Å²) in [6, 6.07) is 5.90. The van der Waals surface area contributed by atoms with Crippen molar-refractivity contribution in [1.82, 2.24) is 5.32 Å². The smallest absolute Gasteiger partial charge is 0.416 e. The minimum atomic E-state index is -4.73. The van der Waals surface area contributed by atoms with Crippen LogP contribution in [0.5, 0.6) is 17.2 Å². The molecule has 0 bridgehead atoms. The summed E-state index contributed by atoms with van der Waals surface area (Å²) in [6.07, 6.45) is -4.96. The molecule has 0 saturated heterocycles. The fourth-order valence-electron chi connectivity index (χ4n) is 3.01. The molecular weight excluding hydrogens is 461 g/mol. The normalized spacial score (nSPS) is 11.7. The molecule has 0 aliphatic carbocycles. The highest BCUT2D eigenvalue weighted by molar-refractivity contribution is 5.78. The molecule has 0 aliphatic rings. The molecule has 0 spiro atoms. The zero-order valence-electron chi connectivity index (χ0n) is 18.4. The summed E-state index contributed by atoms with van der Waals surface area (Å²) < 4.78 is 54.1. The minimum absolute atomic E-state index is 0.133. The number of rotatable bonds is 10. The highest BCUT2D eigenvalue weighted by atomic mass is 19.4. The largest absolute Gasteiger partial charge is 0.493 e. The van der Waals surface area contributed by atoms with Gasteiger partial charge in [-0.15, -0.1) is 0 Å². The Kier molecular flexibility index (Phi) is 8.49. The van der Waals surface area contributed by atoms with Crippen molar-refractivity contribution in [3.05, 3.63) is 51.6 Å². The number of nitriles is 1. The first-order chi connectivity index (χ1) is 16.0. The Morgan fingerprint density at radius 2 is 1.76 bits per heavy atom. The summed E-state index contributed by atoms with van der Waals surface area (Å²) in [5, 5.41) is 25.7. The summed E-state index contributed by atoms with van der Waals surface area (Å²) in [5.41, 5.74) is -1.75. The van der Waals surface area contributed by atoms with Crippen LogP contribution in [-0.2, 0) is 11.0 Å². The lowest BCUT2D eigenvalue weighted by atomic mass is 10.1. The first-order valence-corrected chi connectivity index (χ1v) is 9.64. The average Bonchev–Trinajstić information content (AvgIpc) is 2.80. The van der Waals surface area contributed by atoms with Gasteiger partial charge in [0.05, 0.1) is 37.9 Å². The fraction of sp³-hybridized carbons (Fsp3) is 0.333. The third-order valence-electron chi connectivity index (χ3n) is 4.64. The van der Waals surface area contributed by atoms with Gasteiger partial charge in [0.15, 0.2) is 11.5 Å². The molecule has 34 heavy (non-hydrogen) atoms. The lowest BCUT2D eigenvalue weighted by Crippen LogP contribution is -2.29. The van der Waals surface area contributed by atoms with Crippen LogP contribution in [0.1, 0.15) is 23.6 Å². The third-order valence-corrected chi connectivity index (χ3v) is 4.64.